The number of hydrogen-bond acceptors (Lipinski definition) is 4. The van der Waals surface area contributed by atoms with Gasteiger partial charge in [-0.25, -0.2) is 0 Å². The van der Waals surface area contributed by atoms with Gasteiger partial charge in [-0.3, -0.25) is 9.69 Å². The van der Waals surface area contributed by atoms with Crippen LogP contribution in [0.15, 0.2) is 0 Å². The van der Waals surface area contributed by atoms with Gasteiger partial charge < -0.3 is 10.0 Å². The van der Waals surface area contributed by atoms with E-state index in [1.807, 2.05) is 14.1 Å². The molecule has 1 heterocycles. The Bertz CT molecular complexity index is 199. The van der Waals surface area contributed by atoms with Crippen LogP contribution in [-0.2, 0) is 4.79 Å². The molecule has 1 saturated heterocycles. The SMILES string of the molecule is CN(C)CCN1CCSCC1C(=O)O. The highest BCUT2D eigenvalue weighted by Crippen LogP contribution is 2.16. The van der Waals surface area contributed by atoms with Crippen molar-refractivity contribution in [3.8, 4) is 0 Å². The van der Waals surface area contributed by atoms with E-state index in [0.29, 0.717) is 0 Å². The van der Waals surface area contributed by atoms with Gasteiger partial charge in [0.1, 0.15) is 6.04 Å². The highest BCUT2D eigenvalue weighted by molar-refractivity contribution is 7.99. The van der Waals surface area contributed by atoms with E-state index in [9.17, 15) is 4.79 Å². The first-order valence-corrected chi connectivity index (χ1v) is 5.96. The van der Waals surface area contributed by atoms with Gasteiger partial charge in [-0.15, -0.1) is 0 Å². The topological polar surface area (TPSA) is 43.8 Å². The van der Waals surface area contributed by atoms with Gasteiger partial charge in [0.15, 0.2) is 0 Å². The largest absolute Gasteiger partial charge is 0.480 e. The van der Waals surface area contributed by atoms with Crippen LogP contribution in [0.3, 0.4) is 0 Å². The van der Waals surface area contributed by atoms with Crippen molar-refractivity contribution in [2.75, 3.05) is 45.2 Å². The summed E-state index contributed by atoms with van der Waals surface area (Å²) in [6.45, 7) is 2.68. The zero-order chi connectivity index (χ0) is 10.6. The predicted octanol–water partition coefficient (Wildman–Crippen LogP) is 0.0500. The Morgan fingerprint density at radius 2 is 2.36 bits per heavy atom. The third kappa shape index (κ3) is 3.48. The molecule has 1 rings (SSSR count). The number of likely N-dealkylation sites (N-methyl/N-ethyl adjacent to an activating group) is 1. The number of nitrogens with zero attached hydrogens (tertiary/aromatic N) is 2. The number of rotatable bonds is 4. The normalized spacial score (nSPS) is 24.1. The molecule has 0 aromatic carbocycles. The number of aliphatic carboxylic acids is 1. The second-order valence-corrected chi connectivity index (χ2v) is 4.92. The van der Waals surface area contributed by atoms with Crippen molar-refractivity contribution in [1.82, 2.24) is 9.80 Å². The quantitative estimate of drug-likeness (QED) is 0.722. The van der Waals surface area contributed by atoms with Gasteiger partial charge in [0.2, 0.25) is 0 Å². The number of carboxylic acid groups (broad SMARTS) is 1. The lowest BCUT2D eigenvalue weighted by molar-refractivity contribution is -0.142. The summed E-state index contributed by atoms with van der Waals surface area (Å²) in [5, 5.41) is 9.01. The summed E-state index contributed by atoms with van der Waals surface area (Å²) in [7, 11) is 4.02. The van der Waals surface area contributed by atoms with E-state index >= 15 is 0 Å². The Balaban J connectivity index is 2.42. The van der Waals surface area contributed by atoms with Crippen LogP contribution in [0, 0.1) is 0 Å². The zero-order valence-corrected chi connectivity index (χ0v) is 9.59. The minimum absolute atomic E-state index is 0.284. The van der Waals surface area contributed by atoms with E-state index in [4.69, 9.17) is 5.11 Å². The van der Waals surface area contributed by atoms with Crippen molar-refractivity contribution in [3.63, 3.8) is 0 Å². The van der Waals surface area contributed by atoms with Crippen LogP contribution in [0.1, 0.15) is 0 Å². The van der Waals surface area contributed by atoms with Crippen molar-refractivity contribution in [2.24, 2.45) is 0 Å². The van der Waals surface area contributed by atoms with Crippen molar-refractivity contribution in [2.45, 2.75) is 6.04 Å². The fraction of sp³-hybridized carbons (Fsp3) is 0.889. The lowest BCUT2D eigenvalue weighted by Gasteiger charge is -2.33. The van der Waals surface area contributed by atoms with Crippen LogP contribution in [0.25, 0.3) is 0 Å². The molecule has 1 aliphatic rings. The van der Waals surface area contributed by atoms with Crippen LogP contribution in [-0.4, -0.2) is 72.2 Å². The molecule has 1 unspecified atom stereocenters. The van der Waals surface area contributed by atoms with E-state index in [1.165, 1.54) is 0 Å². The van der Waals surface area contributed by atoms with Crippen molar-refractivity contribution >= 4 is 17.7 Å². The van der Waals surface area contributed by atoms with Crippen LogP contribution >= 0.6 is 11.8 Å². The average molecular weight is 218 g/mol. The molecule has 1 N–H and O–H groups in total. The van der Waals surface area contributed by atoms with Crippen molar-refractivity contribution < 1.29 is 9.90 Å². The summed E-state index contributed by atoms with van der Waals surface area (Å²) in [5.41, 5.74) is 0. The Hall–Kier alpha value is -0.260. The lowest BCUT2D eigenvalue weighted by atomic mass is 10.2. The minimum Gasteiger partial charge on any atom is -0.480 e. The maximum absolute atomic E-state index is 10.9. The molecule has 1 atom stereocenters. The summed E-state index contributed by atoms with van der Waals surface area (Å²) in [4.78, 5) is 15.1. The predicted molar refractivity (Wildman–Crippen MR) is 58.9 cm³/mol. The second-order valence-electron chi connectivity index (χ2n) is 3.77. The van der Waals surface area contributed by atoms with Gasteiger partial charge in [0, 0.05) is 31.1 Å². The van der Waals surface area contributed by atoms with Gasteiger partial charge in [0.25, 0.3) is 0 Å². The number of thioether (sulfide) groups is 1. The molecular weight excluding hydrogens is 200 g/mol. The summed E-state index contributed by atoms with van der Waals surface area (Å²) in [6.07, 6.45) is 0. The first-order valence-electron chi connectivity index (χ1n) is 4.80. The minimum atomic E-state index is -0.684. The van der Waals surface area contributed by atoms with E-state index in [1.54, 1.807) is 11.8 Å². The van der Waals surface area contributed by atoms with Crippen LogP contribution in [0.5, 0.6) is 0 Å². The first kappa shape index (κ1) is 11.8. The molecule has 1 fully saturated rings. The van der Waals surface area contributed by atoms with Crippen LogP contribution in [0.4, 0.5) is 0 Å². The summed E-state index contributed by atoms with van der Waals surface area (Å²) in [6, 6.07) is -0.284. The molecule has 0 aliphatic carbocycles. The smallest absolute Gasteiger partial charge is 0.321 e. The maximum Gasteiger partial charge on any atom is 0.321 e. The standard InChI is InChI=1S/C9H18N2O2S/c1-10(2)3-4-11-5-6-14-7-8(11)9(12)13/h8H,3-7H2,1-2H3,(H,12,13). The third-order valence-electron chi connectivity index (χ3n) is 2.36. The second kappa shape index (κ2) is 5.58. The lowest BCUT2D eigenvalue weighted by Crippen LogP contribution is -2.49. The molecule has 0 saturated carbocycles. The molecule has 0 bridgehead atoms. The van der Waals surface area contributed by atoms with Gasteiger partial charge in [0.05, 0.1) is 0 Å². The van der Waals surface area contributed by atoms with Crippen molar-refractivity contribution in [3.05, 3.63) is 0 Å². The fourth-order valence-corrected chi connectivity index (χ4v) is 2.57. The van der Waals surface area contributed by atoms with Crippen LogP contribution in [0.2, 0.25) is 0 Å². The molecular formula is C9H18N2O2S. The fourth-order valence-electron chi connectivity index (χ4n) is 1.46. The molecule has 1 aliphatic heterocycles. The Morgan fingerprint density at radius 3 is 2.93 bits per heavy atom. The Morgan fingerprint density at radius 1 is 1.64 bits per heavy atom. The summed E-state index contributed by atoms with van der Waals surface area (Å²) < 4.78 is 0. The zero-order valence-electron chi connectivity index (χ0n) is 8.77. The first-order chi connectivity index (χ1) is 6.61. The third-order valence-corrected chi connectivity index (χ3v) is 3.38. The molecule has 5 heteroatoms. The van der Waals surface area contributed by atoms with E-state index in [2.05, 4.69) is 9.80 Å². The molecule has 0 aromatic rings. The molecule has 4 nitrogen and oxygen atoms in total. The molecule has 14 heavy (non-hydrogen) atoms. The molecule has 0 amide bonds. The molecule has 0 spiro atoms. The number of carboxylic acids is 1. The number of hydrogen-bond donors (Lipinski definition) is 1. The monoisotopic (exact) mass is 218 g/mol. The van der Waals surface area contributed by atoms with Gasteiger partial charge in [-0.05, 0) is 14.1 Å². The van der Waals surface area contributed by atoms with Crippen molar-refractivity contribution in [1.29, 1.82) is 0 Å². The summed E-state index contributed by atoms with van der Waals surface area (Å²) >= 11 is 1.73. The van der Waals surface area contributed by atoms with E-state index in [-0.39, 0.29) is 6.04 Å². The van der Waals surface area contributed by atoms with Gasteiger partial charge in [-0.1, -0.05) is 0 Å². The van der Waals surface area contributed by atoms with E-state index < -0.39 is 5.97 Å². The Kier molecular flexibility index (Phi) is 4.71. The average Bonchev–Trinajstić information content (AvgIpc) is 2.15. The van der Waals surface area contributed by atoms with Crippen LogP contribution < -0.4 is 0 Å². The summed E-state index contributed by atoms with van der Waals surface area (Å²) in [5.74, 6) is 1.09. The molecule has 0 radical (unpaired) electrons. The molecule has 0 aromatic heterocycles. The highest BCUT2D eigenvalue weighted by atomic mass is 32.2. The maximum atomic E-state index is 10.9. The van der Waals surface area contributed by atoms with Gasteiger partial charge >= 0.3 is 5.97 Å². The van der Waals surface area contributed by atoms with Gasteiger partial charge in [-0.2, -0.15) is 11.8 Å². The highest BCUT2D eigenvalue weighted by Gasteiger charge is 2.28. The Labute approximate surface area is 89.3 Å². The molecule has 82 valence electrons. The number of carbonyl (C=O) groups is 1. The van der Waals surface area contributed by atoms with E-state index in [0.717, 1.165) is 31.1 Å².